The second-order valence-corrected chi connectivity index (χ2v) is 11.0. The first-order valence-corrected chi connectivity index (χ1v) is 13.5. The Morgan fingerprint density at radius 1 is 1.15 bits per heavy atom. The van der Waals surface area contributed by atoms with Gasteiger partial charge in [0.15, 0.2) is 0 Å². The number of hydrogen-bond donors (Lipinski definition) is 5. The van der Waals surface area contributed by atoms with Crippen molar-refractivity contribution < 1.29 is 47.9 Å². The van der Waals surface area contributed by atoms with Crippen molar-refractivity contribution in [3.63, 3.8) is 0 Å². The maximum atomic E-state index is 13.4. The van der Waals surface area contributed by atoms with Crippen molar-refractivity contribution in [2.45, 2.75) is 43.7 Å². The lowest BCUT2D eigenvalue weighted by Crippen LogP contribution is -2.50. The largest absolute Gasteiger partial charge is 0.490 e. The zero-order chi connectivity index (χ0) is 29.9. The fourth-order valence-corrected chi connectivity index (χ4v) is 6.21. The number of carboxylic acid groups (broad SMARTS) is 2. The number of thiophene rings is 1. The second kappa shape index (κ2) is 12.1. The van der Waals surface area contributed by atoms with Gasteiger partial charge in [-0.25, -0.2) is 9.59 Å². The number of hydrogen-bond acceptors (Lipinski definition) is 7. The molecule has 3 heterocycles. The van der Waals surface area contributed by atoms with Gasteiger partial charge in [0.1, 0.15) is 24.1 Å². The highest BCUT2D eigenvalue weighted by molar-refractivity contribution is 7.19. The van der Waals surface area contributed by atoms with Crippen LogP contribution in [-0.4, -0.2) is 74.1 Å². The summed E-state index contributed by atoms with van der Waals surface area (Å²) < 4.78 is 46.7. The molecule has 4 aromatic rings. The van der Waals surface area contributed by atoms with E-state index in [2.05, 4.69) is 9.88 Å². The van der Waals surface area contributed by atoms with Crippen LogP contribution in [0.3, 0.4) is 0 Å². The molecule has 0 unspecified atom stereocenters. The average Bonchev–Trinajstić information content (AvgIpc) is 3.57. The topological polar surface area (TPSA) is 143 Å². The van der Waals surface area contributed by atoms with E-state index >= 15 is 0 Å². The van der Waals surface area contributed by atoms with Crippen LogP contribution in [0.25, 0.3) is 21.0 Å². The summed E-state index contributed by atoms with van der Waals surface area (Å²) in [5, 5.41) is 37.9. The Bertz CT molecular complexity index is 1520. The van der Waals surface area contributed by atoms with Gasteiger partial charge < -0.3 is 30.1 Å². The molecule has 220 valence electrons. The summed E-state index contributed by atoms with van der Waals surface area (Å²) in [7, 11) is 0. The molecule has 0 aliphatic carbocycles. The van der Waals surface area contributed by atoms with E-state index in [1.807, 2.05) is 37.4 Å². The quantitative estimate of drug-likeness (QED) is 0.203. The number of aliphatic hydroxyl groups excluding tert-OH is 1. The number of ether oxygens (including phenoxy) is 1. The molecule has 0 bridgehead atoms. The van der Waals surface area contributed by atoms with Gasteiger partial charge in [-0.2, -0.15) is 13.2 Å². The van der Waals surface area contributed by atoms with E-state index in [1.165, 1.54) is 23.5 Å². The molecule has 41 heavy (non-hydrogen) atoms. The van der Waals surface area contributed by atoms with E-state index in [0.29, 0.717) is 41.3 Å². The van der Waals surface area contributed by atoms with Crippen LogP contribution in [0, 0.1) is 0 Å². The first kappa shape index (κ1) is 30.3. The van der Waals surface area contributed by atoms with Crippen molar-refractivity contribution in [1.29, 1.82) is 0 Å². The molecule has 13 heteroatoms. The van der Waals surface area contributed by atoms with Gasteiger partial charge in [-0.1, -0.05) is 12.1 Å². The van der Waals surface area contributed by atoms with E-state index in [-0.39, 0.29) is 18.0 Å². The standard InChI is InChI=1S/C26H27F3N2O3S.C2H2O4/c1-16-13-25(33,24-12-19-20(26(27,28)29)4-2-7-23(19)35-24)9-11-31(16)14-17(32)15-34-22-6-3-5-21-18(22)8-10-30-21;3-1(4)2(5)6/h2-8,10,12,16-17,30,32-33H,9,11,13-15H2,1H3;(H,3,4)(H,5,6)/t16-,17-,25+;/m0./s1. The number of aromatic nitrogens is 1. The SMILES string of the molecule is C[C@H]1C[C@@](O)(c2cc3c(C(F)(F)F)cccc3s2)CCN1C[C@H](O)COc1cccc2[nH]ccc12.O=C(O)C(=O)O. The number of likely N-dealkylation sites (tertiary alicyclic amines) is 1. The van der Waals surface area contributed by atoms with Crippen LogP contribution in [0.5, 0.6) is 5.75 Å². The number of aliphatic hydroxyl groups is 2. The highest BCUT2D eigenvalue weighted by Gasteiger charge is 2.40. The predicted molar refractivity (Wildman–Crippen MR) is 146 cm³/mol. The number of rotatable bonds is 6. The summed E-state index contributed by atoms with van der Waals surface area (Å²) in [4.78, 5) is 24.0. The van der Waals surface area contributed by atoms with Gasteiger partial charge in [0, 0.05) is 51.2 Å². The van der Waals surface area contributed by atoms with Crippen LogP contribution < -0.4 is 4.74 Å². The summed E-state index contributed by atoms with van der Waals surface area (Å²) >= 11 is 1.22. The van der Waals surface area contributed by atoms with Crippen LogP contribution in [0.1, 0.15) is 30.2 Å². The number of benzene rings is 2. The molecule has 5 N–H and O–H groups in total. The Hall–Kier alpha value is -3.65. The molecular formula is C28H29F3N2O7S. The summed E-state index contributed by atoms with van der Waals surface area (Å²) in [5.41, 5.74) is -0.914. The van der Waals surface area contributed by atoms with Gasteiger partial charge in [0.05, 0.1) is 5.56 Å². The van der Waals surface area contributed by atoms with Crippen molar-refractivity contribution in [2.75, 3.05) is 19.7 Å². The van der Waals surface area contributed by atoms with Crippen LogP contribution in [0.4, 0.5) is 13.2 Å². The maximum absolute atomic E-state index is 13.4. The molecule has 0 amide bonds. The molecule has 1 saturated heterocycles. The highest BCUT2D eigenvalue weighted by Crippen LogP contribution is 2.44. The number of carbonyl (C=O) groups is 2. The second-order valence-electron chi connectivity index (χ2n) is 9.93. The molecule has 1 aliphatic rings. The summed E-state index contributed by atoms with van der Waals surface area (Å²) in [6.07, 6.45) is -2.58. The predicted octanol–water partition coefficient (Wildman–Crippen LogP) is 4.67. The van der Waals surface area contributed by atoms with Crippen molar-refractivity contribution in [3.05, 3.63) is 65.2 Å². The number of fused-ring (bicyclic) bond motifs is 2. The van der Waals surface area contributed by atoms with E-state index in [4.69, 9.17) is 24.5 Å². The fourth-order valence-electron chi connectivity index (χ4n) is 4.99. The Balaban J connectivity index is 0.000000585. The number of piperidine rings is 1. The van der Waals surface area contributed by atoms with Gasteiger partial charge in [-0.15, -0.1) is 11.3 Å². The minimum absolute atomic E-state index is 0.0659. The monoisotopic (exact) mass is 594 g/mol. The fraction of sp³-hybridized carbons (Fsp3) is 0.357. The van der Waals surface area contributed by atoms with Gasteiger partial charge in [-0.3, -0.25) is 4.90 Å². The van der Waals surface area contributed by atoms with E-state index in [0.717, 1.165) is 17.0 Å². The Morgan fingerprint density at radius 3 is 2.51 bits per heavy atom. The van der Waals surface area contributed by atoms with Crippen LogP contribution in [0.15, 0.2) is 54.7 Å². The van der Waals surface area contributed by atoms with E-state index in [1.54, 1.807) is 6.07 Å². The highest BCUT2D eigenvalue weighted by atomic mass is 32.1. The number of aliphatic carboxylic acids is 2. The number of alkyl halides is 3. The normalized spacial score (nSPS) is 20.4. The number of nitrogens with zero attached hydrogens (tertiary/aromatic N) is 1. The number of halogens is 3. The van der Waals surface area contributed by atoms with Crippen molar-refractivity contribution in [1.82, 2.24) is 9.88 Å². The molecular weight excluding hydrogens is 565 g/mol. The first-order chi connectivity index (χ1) is 19.3. The number of nitrogens with one attached hydrogen (secondary N) is 1. The number of aromatic amines is 1. The van der Waals surface area contributed by atoms with Gasteiger partial charge in [0.2, 0.25) is 0 Å². The molecule has 2 aromatic heterocycles. The van der Waals surface area contributed by atoms with Gasteiger partial charge in [0.25, 0.3) is 0 Å². The Labute approximate surface area is 236 Å². The van der Waals surface area contributed by atoms with Crippen LogP contribution in [0.2, 0.25) is 0 Å². The molecule has 9 nitrogen and oxygen atoms in total. The zero-order valence-corrected chi connectivity index (χ0v) is 22.7. The number of H-pyrrole nitrogens is 1. The lowest BCUT2D eigenvalue weighted by Gasteiger charge is -2.43. The van der Waals surface area contributed by atoms with Crippen molar-refractivity contribution in [2.24, 2.45) is 0 Å². The summed E-state index contributed by atoms with van der Waals surface area (Å²) in [6, 6.07) is 13.2. The molecule has 3 atom stereocenters. The minimum atomic E-state index is -4.44. The minimum Gasteiger partial charge on any atom is -0.490 e. The molecule has 1 fully saturated rings. The van der Waals surface area contributed by atoms with Crippen molar-refractivity contribution in [3.8, 4) is 5.75 Å². The number of β-amino-alcohol motifs (C(OH)–C–C–N with tert-alkyl or cyclic N) is 1. The van der Waals surface area contributed by atoms with Crippen molar-refractivity contribution >= 4 is 44.3 Å². The Kier molecular flexibility index (Phi) is 8.92. The van der Waals surface area contributed by atoms with Gasteiger partial charge in [-0.05, 0) is 56.2 Å². The summed E-state index contributed by atoms with van der Waals surface area (Å²) in [6.45, 7) is 2.99. The van der Waals surface area contributed by atoms with Crippen LogP contribution >= 0.6 is 11.3 Å². The molecule has 0 radical (unpaired) electrons. The summed E-state index contributed by atoms with van der Waals surface area (Å²) in [5.74, 6) is -2.95. The Morgan fingerprint density at radius 2 is 1.85 bits per heavy atom. The zero-order valence-electron chi connectivity index (χ0n) is 21.9. The maximum Gasteiger partial charge on any atom is 0.417 e. The third-order valence-corrected chi connectivity index (χ3v) is 8.30. The van der Waals surface area contributed by atoms with E-state index in [9.17, 15) is 23.4 Å². The third-order valence-electron chi connectivity index (χ3n) is 7.01. The molecule has 1 aliphatic heterocycles. The van der Waals surface area contributed by atoms with Crippen LogP contribution in [-0.2, 0) is 21.4 Å². The lowest BCUT2D eigenvalue weighted by atomic mass is 9.85. The van der Waals surface area contributed by atoms with E-state index < -0.39 is 35.4 Å². The van der Waals surface area contributed by atoms with Gasteiger partial charge >= 0.3 is 18.1 Å². The average molecular weight is 595 g/mol. The smallest absolute Gasteiger partial charge is 0.417 e. The first-order valence-electron chi connectivity index (χ1n) is 12.7. The molecule has 5 rings (SSSR count). The number of carboxylic acids is 2. The molecule has 2 aromatic carbocycles. The molecule has 0 saturated carbocycles. The molecule has 0 spiro atoms. The lowest BCUT2D eigenvalue weighted by molar-refractivity contribution is -0.159. The third kappa shape index (κ3) is 6.99.